The fourth-order valence-electron chi connectivity index (χ4n) is 2.48. The zero-order valence-corrected chi connectivity index (χ0v) is 11.8. The van der Waals surface area contributed by atoms with Crippen molar-refractivity contribution in [1.29, 1.82) is 0 Å². The highest BCUT2D eigenvalue weighted by molar-refractivity contribution is 5.78. The van der Waals surface area contributed by atoms with Crippen LogP contribution in [0.25, 0.3) is 0 Å². The summed E-state index contributed by atoms with van der Waals surface area (Å²) < 4.78 is 10.1. The van der Waals surface area contributed by atoms with Crippen molar-refractivity contribution in [2.24, 2.45) is 5.73 Å². The van der Waals surface area contributed by atoms with Gasteiger partial charge in [-0.25, -0.2) is 0 Å². The van der Waals surface area contributed by atoms with Crippen LogP contribution >= 0.6 is 0 Å². The fourth-order valence-corrected chi connectivity index (χ4v) is 2.48. The van der Waals surface area contributed by atoms with Gasteiger partial charge in [-0.2, -0.15) is 0 Å². The van der Waals surface area contributed by atoms with Crippen LogP contribution in [-0.2, 0) is 14.3 Å². The number of carbonyl (C=O) groups is 1. The maximum Gasteiger partial charge on any atom is 0.248 e. The van der Waals surface area contributed by atoms with Gasteiger partial charge >= 0.3 is 0 Å². The van der Waals surface area contributed by atoms with Crippen molar-refractivity contribution < 1.29 is 14.3 Å². The number of nitrogens with zero attached hydrogens (tertiary/aromatic N) is 1. The third kappa shape index (κ3) is 3.79. The third-order valence-corrected chi connectivity index (χ3v) is 3.60. The number of nitrogens with two attached hydrogens (primary N) is 1. The number of ether oxygens (including phenoxy) is 2. The first-order valence-corrected chi connectivity index (χ1v) is 6.87. The van der Waals surface area contributed by atoms with Crippen LogP contribution in [0.3, 0.4) is 0 Å². The van der Waals surface area contributed by atoms with Crippen molar-refractivity contribution in [1.82, 2.24) is 4.90 Å². The first-order chi connectivity index (χ1) is 9.72. The molecular weight excluding hydrogens is 256 g/mol. The minimum Gasteiger partial charge on any atom is -0.382 e. The Labute approximate surface area is 119 Å². The van der Waals surface area contributed by atoms with E-state index in [0.717, 1.165) is 0 Å². The summed E-state index contributed by atoms with van der Waals surface area (Å²) in [4.78, 5) is 13.8. The molecule has 2 atom stereocenters. The van der Waals surface area contributed by atoms with E-state index in [2.05, 4.69) is 12.1 Å². The SMILES string of the molecule is COCCOCC(=O)N1C[C@@H](N)[C@H](c2ccccc2)C1. The number of carbonyl (C=O) groups excluding carboxylic acids is 1. The highest BCUT2D eigenvalue weighted by atomic mass is 16.5. The average molecular weight is 278 g/mol. The fraction of sp³-hybridized carbons (Fsp3) is 0.533. The number of benzene rings is 1. The molecular formula is C15H22N2O3. The van der Waals surface area contributed by atoms with E-state index in [9.17, 15) is 4.79 Å². The van der Waals surface area contributed by atoms with Gasteiger partial charge in [-0.3, -0.25) is 4.79 Å². The second-order valence-corrected chi connectivity index (χ2v) is 5.03. The Morgan fingerprint density at radius 3 is 2.75 bits per heavy atom. The van der Waals surface area contributed by atoms with Gasteiger partial charge in [-0.05, 0) is 5.56 Å². The van der Waals surface area contributed by atoms with Gasteiger partial charge in [0.1, 0.15) is 6.61 Å². The van der Waals surface area contributed by atoms with E-state index in [1.165, 1.54) is 5.56 Å². The van der Waals surface area contributed by atoms with Gasteiger partial charge < -0.3 is 20.1 Å². The van der Waals surface area contributed by atoms with Gasteiger partial charge in [0.25, 0.3) is 0 Å². The van der Waals surface area contributed by atoms with Crippen molar-refractivity contribution in [2.75, 3.05) is 40.0 Å². The number of hydrogen-bond donors (Lipinski definition) is 1. The Bertz CT molecular complexity index is 424. The van der Waals surface area contributed by atoms with Crippen LogP contribution < -0.4 is 5.73 Å². The monoisotopic (exact) mass is 278 g/mol. The Kier molecular flexibility index (Phi) is 5.52. The topological polar surface area (TPSA) is 64.8 Å². The Morgan fingerprint density at radius 1 is 1.30 bits per heavy atom. The lowest BCUT2D eigenvalue weighted by atomic mass is 9.95. The second-order valence-electron chi connectivity index (χ2n) is 5.03. The molecule has 0 aliphatic carbocycles. The molecule has 0 saturated carbocycles. The van der Waals surface area contributed by atoms with Crippen LogP contribution in [0.2, 0.25) is 0 Å². The molecule has 1 aromatic rings. The van der Waals surface area contributed by atoms with Gasteiger partial charge in [-0.1, -0.05) is 30.3 Å². The first-order valence-electron chi connectivity index (χ1n) is 6.87. The maximum absolute atomic E-state index is 12.0. The molecule has 1 heterocycles. The number of hydrogen-bond acceptors (Lipinski definition) is 4. The summed E-state index contributed by atoms with van der Waals surface area (Å²) in [6.45, 7) is 2.28. The Hall–Kier alpha value is -1.43. The molecule has 2 N–H and O–H groups in total. The minimum atomic E-state index is -0.0136. The standard InChI is InChI=1S/C15H22N2O3/c1-19-7-8-20-11-15(18)17-9-13(14(16)10-17)12-5-3-2-4-6-12/h2-6,13-14H,7-11,16H2,1H3/t13-,14+/m0/s1. The van der Waals surface area contributed by atoms with E-state index in [1.54, 1.807) is 12.0 Å². The third-order valence-electron chi connectivity index (χ3n) is 3.60. The lowest BCUT2D eigenvalue weighted by Crippen LogP contribution is -2.34. The predicted molar refractivity (Wildman–Crippen MR) is 76.4 cm³/mol. The molecule has 110 valence electrons. The summed E-state index contributed by atoms with van der Waals surface area (Å²) in [5.41, 5.74) is 7.35. The zero-order valence-electron chi connectivity index (χ0n) is 11.8. The highest BCUT2D eigenvalue weighted by Gasteiger charge is 2.33. The largest absolute Gasteiger partial charge is 0.382 e. The summed E-state index contributed by atoms with van der Waals surface area (Å²) >= 11 is 0. The molecule has 1 aliphatic heterocycles. The van der Waals surface area contributed by atoms with E-state index >= 15 is 0 Å². The number of amides is 1. The molecule has 5 nitrogen and oxygen atoms in total. The molecule has 0 bridgehead atoms. The van der Waals surface area contributed by atoms with Crippen LogP contribution in [-0.4, -0.2) is 56.9 Å². The number of likely N-dealkylation sites (tertiary alicyclic amines) is 1. The van der Waals surface area contributed by atoms with Crippen molar-refractivity contribution in [3.05, 3.63) is 35.9 Å². The predicted octanol–water partition coefficient (Wildman–Crippen LogP) is 0.603. The summed E-state index contributed by atoms with van der Waals surface area (Å²) in [5, 5.41) is 0. The molecule has 5 heteroatoms. The molecule has 1 fully saturated rings. The summed E-state index contributed by atoms with van der Waals surface area (Å²) in [7, 11) is 1.61. The lowest BCUT2D eigenvalue weighted by Gasteiger charge is -2.16. The van der Waals surface area contributed by atoms with Crippen molar-refractivity contribution in [3.8, 4) is 0 Å². The summed E-state index contributed by atoms with van der Waals surface area (Å²) in [5.74, 6) is 0.203. The van der Waals surface area contributed by atoms with Crippen molar-refractivity contribution in [3.63, 3.8) is 0 Å². The molecule has 0 aromatic heterocycles. The molecule has 0 unspecified atom stereocenters. The first kappa shape index (κ1) is 15.0. The highest BCUT2D eigenvalue weighted by Crippen LogP contribution is 2.26. The molecule has 0 spiro atoms. The quantitative estimate of drug-likeness (QED) is 0.774. The van der Waals surface area contributed by atoms with Gasteiger partial charge in [0.05, 0.1) is 13.2 Å². The van der Waals surface area contributed by atoms with E-state index in [1.807, 2.05) is 18.2 Å². The second kappa shape index (κ2) is 7.38. The minimum absolute atomic E-state index is 0.00464. The summed E-state index contributed by atoms with van der Waals surface area (Å²) in [6, 6.07) is 10.1. The molecule has 0 radical (unpaired) electrons. The Morgan fingerprint density at radius 2 is 2.05 bits per heavy atom. The molecule has 1 amide bonds. The lowest BCUT2D eigenvalue weighted by molar-refractivity contribution is -0.135. The van der Waals surface area contributed by atoms with Crippen LogP contribution in [0, 0.1) is 0 Å². The van der Waals surface area contributed by atoms with Gasteiger partial charge in [0.15, 0.2) is 0 Å². The van der Waals surface area contributed by atoms with E-state index in [0.29, 0.717) is 26.3 Å². The molecule has 1 saturated heterocycles. The molecule has 20 heavy (non-hydrogen) atoms. The Balaban J connectivity index is 1.85. The van der Waals surface area contributed by atoms with Gasteiger partial charge in [-0.15, -0.1) is 0 Å². The van der Waals surface area contributed by atoms with Crippen molar-refractivity contribution >= 4 is 5.91 Å². The van der Waals surface area contributed by atoms with Crippen LogP contribution in [0.15, 0.2) is 30.3 Å². The van der Waals surface area contributed by atoms with Gasteiger partial charge in [0, 0.05) is 32.2 Å². The molecule has 1 aliphatic rings. The molecule has 2 rings (SSSR count). The maximum atomic E-state index is 12.0. The molecule has 1 aromatic carbocycles. The summed E-state index contributed by atoms with van der Waals surface area (Å²) in [6.07, 6.45) is 0. The van der Waals surface area contributed by atoms with Crippen LogP contribution in [0.5, 0.6) is 0 Å². The van der Waals surface area contributed by atoms with Crippen molar-refractivity contribution in [2.45, 2.75) is 12.0 Å². The van der Waals surface area contributed by atoms with Crippen LogP contribution in [0.1, 0.15) is 11.5 Å². The average Bonchev–Trinajstić information content (AvgIpc) is 2.86. The van der Waals surface area contributed by atoms with E-state index in [-0.39, 0.29) is 24.5 Å². The smallest absolute Gasteiger partial charge is 0.248 e. The zero-order chi connectivity index (χ0) is 14.4. The number of rotatable bonds is 6. The number of methoxy groups -OCH3 is 1. The van der Waals surface area contributed by atoms with Crippen LogP contribution in [0.4, 0.5) is 0 Å². The van der Waals surface area contributed by atoms with Gasteiger partial charge in [0.2, 0.25) is 5.91 Å². The van der Waals surface area contributed by atoms with E-state index in [4.69, 9.17) is 15.2 Å². The van der Waals surface area contributed by atoms with E-state index < -0.39 is 0 Å². The normalized spacial score (nSPS) is 22.2.